The minimum absolute atomic E-state index is 0.143. The van der Waals surface area contributed by atoms with Crippen molar-refractivity contribution in [3.8, 4) is 0 Å². The normalized spacial score (nSPS) is 15.9. The molecule has 1 aromatic heterocycles. The van der Waals surface area contributed by atoms with E-state index in [2.05, 4.69) is 61.7 Å². The molecule has 0 amide bonds. The Labute approximate surface area is 163 Å². The fourth-order valence-electron chi connectivity index (χ4n) is 3.33. The van der Waals surface area contributed by atoms with Crippen LogP contribution in [0.1, 0.15) is 20.8 Å². The van der Waals surface area contributed by atoms with Gasteiger partial charge in [0.1, 0.15) is 0 Å². The second-order valence-corrected chi connectivity index (χ2v) is 8.07. The molecule has 3 nitrogen and oxygen atoms in total. The first-order chi connectivity index (χ1) is 12.5. The Morgan fingerprint density at radius 3 is 2.65 bits per heavy atom. The first kappa shape index (κ1) is 19.4. The van der Waals surface area contributed by atoms with Crippen molar-refractivity contribution in [1.29, 1.82) is 0 Å². The van der Waals surface area contributed by atoms with Crippen molar-refractivity contribution >= 4 is 28.2 Å². The zero-order chi connectivity index (χ0) is 18.6. The highest BCUT2D eigenvalue weighted by atomic mass is 35.5. The van der Waals surface area contributed by atoms with E-state index in [9.17, 15) is 0 Å². The molecular weight excluding hydrogens is 342 g/mol. The fourth-order valence-corrected chi connectivity index (χ4v) is 3.49. The fraction of sp³-hybridized carbons (Fsp3) is 0.364. The highest BCUT2D eigenvalue weighted by molar-refractivity contribution is 6.31. The second-order valence-electron chi connectivity index (χ2n) is 7.63. The van der Waals surface area contributed by atoms with Crippen LogP contribution in [0.4, 0.5) is 5.69 Å². The van der Waals surface area contributed by atoms with Crippen LogP contribution in [0.5, 0.6) is 0 Å². The smallest absolute Gasteiger partial charge is 0.0737 e. The van der Waals surface area contributed by atoms with Crippen LogP contribution in [0.3, 0.4) is 0 Å². The third-order valence-electron chi connectivity index (χ3n) is 4.70. The van der Waals surface area contributed by atoms with Crippen molar-refractivity contribution in [3.05, 3.63) is 67.1 Å². The molecule has 0 atom stereocenters. The molecule has 4 heteroatoms. The topological polar surface area (TPSA) is 28.2 Å². The summed E-state index contributed by atoms with van der Waals surface area (Å²) in [6.07, 6.45) is 10.4. The molecule has 1 saturated carbocycles. The zero-order valence-corrected chi connectivity index (χ0v) is 16.6. The summed E-state index contributed by atoms with van der Waals surface area (Å²) in [7, 11) is 0. The first-order valence-electron chi connectivity index (χ1n) is 9.18. The van der Waals surface area contributed by atoms with Crippen molar-refractivity contribution in [1.82, 2.24) is 9.88 Å². The summed E-state index contributed by atoms with van der Waals surface area (Å²) in [5.41, 5.74) is 2.18. The van der Waals surface area contributed by atoms with Gasteiger partial charge in [-0.1, -0.05) is 32.4 Å². The van der Waals surface area contributed by atoms with Gasteiger partial charge in [0.25, 0.3) is 0 Å². The molecular formula is C22H27ClN3. The highest BCUT2D eigenvalue weighted by Crippen LogP contribution is 2.28. The van der Waals surface area contributed by atoms with Gasteiger partial charge in [0.2, 0.25) is 0 Å². The molecule has 26 heavy (non-hydrogen) atoms. The Morgan fingerprint density at radius 2 is 1.92 bits per heavy atom. The molecule has 1 fully saturated rings. The molecule has 137 valence electrons. The largest absolute Gasteiger partial charge is 0.384 e. The Kier molecular flexibility index (Phi) is 6.42. The van der Waals surface area contributed by atoms with Crippen molar-refractivity contribution in [2.24, 2.45) is 5.41 Å². The lowest BCUT2D eigenvalue weighted by Crippen LogP contribution is -2.40. The summed E-state index contributed by atoms with van der Waals surface area (Å²) < 4.78 is 0. The number of aromatic nitrogens is 1. The lowest BCUT2D eigenvalue weighted by Gasteiger charge is -2.34. The molecule has 3 rings (SSSR count). The molecule has 2 aromatic rings. The van der Waals surface area contributed by atoms with Gasteiger partial charge in [0, 0.05) is 41.9 Å². The van der Waals surface area contributed by atoms with Crippen molar-refractivity contribution < 1.29 is 0 Å². The molecule has 0 bridgehead atoms. The van der Waals surface area contributed by atoms with Gasteiger partial charge < -0.3 is 10.2 Å². The van der Waals surface area contributed by atoms with E-state index < -0.39 is 0 Å². The minimum Gasteiger partial charge on any atom is -0.384 e. The molecule has 1 aliphatic rings. The van der Waals surface area contributed by atoms with Gasteiger partial charge in [-0.25, -0.2) is 0 Å². The van der Waals surface area contributed by atoms with Gasteiger partial charge in [-0.15, -0.1) is 0 Å². The van der Waals surface area contributed by atoms with E-state index in [-0.39, 0.29) is 5.41 Å². The highest BCUT2D eigenvalue weighted by Gasteiger charge is 2.25. The minimum atomic E-state index is 0.143. The van der Waals surface area contributed by atoms with Crippen LogP contribution in [0.2, 0.25) is 5.02 Å². The van der Waals surface area contributed by atoms with Gasteiger partial charge >= 0.3 is 0 Å². The number of nitrogens with zero attached hydrogens (tertiary/aromatic N) is 2. The molecule has 1 heterocycles. The number of pyridine rings is 1. The van der Waals surface area contributed by atoms with Crippen LogP contribution in [-0.2, 0) is 0 Å². The van der Waals surface area contributed by atoms with E-state index in [0.29, 0.717) is 5.02 Å². The van der Waals surface area contributed by atoms with Gasteiger partial charge in [-0.05, 0) is 67.8 Å². The molecule has 0 saturated heterocycles. The van der Waals surface area contributed by atoms with E-state index in [4.69, 9.17) is 11.6 Å². The van der Waals surface area contributed by atoms with Crippen LogP contribution < -0.4 is 5.32 Å². The third-order valence-corrected chi connectivity index (χ3v) is 4.93. The monoisotopic (exact) mass is 368 g/mol. The first-order valence-corrected chi connectivity index (χ1v) is 9.56. The average Bonchev–Trinajstić information content (AvgIpc) is 3.12. The Bertz CT molecular complexity index is 722. The van der Waals surface area contributed by atoms with Crippen LogP contribution in [0.15, 0.2) is 30.5 Å². The van der Waals surface area contributed by atoms with E-state index in [0.717, 1.165) is 42.8 Å². The predicted octanol–water partition coefficient (Wildman–Crippen LogP) is 5.05. The van der Waals surface area contributed by atoms with E-state index in [1.54, 1.807) is 0 Å². The number of nitrogens with one attached hydrogen (secondary N) is 1. The zero-order valence-electron chi connectivity index (χ0n) is 15.8. The summed E-state index contributed by atoms with van der Waals surface area (Å²) in [6, 6.07) is 7.90. The van der Waals surface area contributed by atoms with E-state index in [1.807, 2.05) is 30.5 Å². The van der Waals surface area contributed by atoms with E-state index >= 15 is 0 Å². The summed E-state index contributed by atoms with van der Waals surface area (Å²) in [5.74, 6) is 1.38. The number of hydrogen-bond acceptors (Lipinski definition) is 3. The number of fused-ring (bicyclic) bond motifs is 1. The van der Waals surface area contributed by atoms with E-state index in [1.165, 1.54) is 5.92 Å². The molecule has 1 aromatic carbocycles. The van der Waals surface area contributed by atoms with Gasteiger partial charge in [-0.2, -0.15) is 0 Å². The molecule has 0 unspecified atom stereocenters. The number of benzene rings is 1. The molecule has 1 aliphatic carbocycles. The van der Waals surface area contributed by atoms with Crippen LogP contribution >= 0.6 is 11.6 Å². The summed E-state index contributed by atoms with van der Waals surface area (Å²) in [5, 5.41) is 5.45. The Morgan fingerprint density at radius 1 is 1.15 bits per heavy atom. The lowest BCUT2D eigenvalue weighted by atomic mass is 9.91. The Balaban J connectivity index is 1.62. The van der Waals surface area contributed by atoms with Crippen LogP contribution in [-0.4, -0.2) is 36.1 Å². The molecule has 1 N–H and O–H groups in total. The summed E-state index contributed by atoms with van der Waals surface area (Å²) >= 11 is 6.09. The number of anilines is 1. The number of hydrogen-bond donors (Lipinski definition) is 1. The van der Waals surface area contributed by atoms with Gasteiger partial charge in [-0.3, -0.25) is 4.98 Å². The van der Waals surface area contributed by atoms with Crippen LogP contribution in [0, 0.1) is 37.0 Å². The maximum Gasteiger partial charge on any atom is 0.0737 e. The SMILES string of the molecule is CCN(C[C]1[CH][CH][CH][CH]1)CC(C)(C)CNc1ccnc2cc(Cl)ccc12. The maximum absolute atomic E-state index is 6.09. The second kappa shape index (κ2) is 8.58. The van der Waals surface area contributed by atoms with Crippen molar-refractivity contribution in [3.63, 3.8) is 0 Å². The molecule has 0 aliphatic heterocycles. The summed E-state index contributed by atoms with van der Waals surface area (Å²) in [4.78, 5) is 6.92. The molecule has 0 spiro atoms. The van der Waals surface area contributed by atoms with Crippen molar-refractivity contribution in [2.75, 3.05) is 31.5 Å². The average molecular weight is 369 g/mol. The standard InChI is InChI=1S/C22H27ClN3/c1-4-26(14-17-7-5-6-8-17)16-22(2,3)15-25-20-11-12-24-21-13-18(23)9-10-19(20)21/h5-13H,4,14-16H2,1-3H3,(H,24,25). The van der Waals surface area contributed by atoms with Gasteiger partial charge in [0.15, 0.2) is 0 Å². The number of halogens is 1. The lowest BCUT2D eigenvalue weighted by molar-refractivity contribution is 0.202. The maximum atomic E-state index is 6.09. The van der Waals surface area contributed by atoms with Crippen LogP contribution in [0.25, 0.3) is 10.9 Å². The van der Waals surface area contributed by atoms with Gasteiger partial charge in [0.05, 0.1) is 5.52 Å². The predicted molar refractivity (Wildman–Crippen MR) is 112 cm³/mol. The quantitative estimate of drug-likeness (QED) is 0.706. The summed E-state index contributed by atoms with van der Waals surface area (Å²) in [6.45, 7) is 10.8. The Hall–Kier alpha value is -1.32. The number of rotatable bonds is 8. The molecule has 5 radical (unpaired) electrons. The third kappa shape index (κ3) is 5.11. The van der Waals surface area contributed by atoms with Crippen molar-refractivity contribution in [2.45, 2.75) is 20.8 Å².